The molecule has 2 saturated heterocycles. The van der Waals surface area contributed by atoms with E-state index in [0.717, 1.165) is 66.2 Å². The first-order valence-corrected chi connectivity index (χ1v) is 10.9. The van der Waals surface area contributed by atoms with Gasteiger partial charge >= 0.3 is 0 Å². The van der Waals surface area contributed by atoms with Crippen LogP contribution in [0.5, 0.6) is 11.5 Å². The van der Waals surface area contributed by atoms with E-state index < -0.39 is 0 Å². The van der Waals surface area contributed by atoms with Crippen LogP contribution in [0.1, 0.15) is 30.4 Å². The highest BCUT2D eigenvalue weighted by Crippen LogP contribution is 2.29. The molecule has 2 atom stereocenters. The minimum Gasteiger partial charge on any atom is -0.491 e. The van der Waals surface area contributed by atoms with E-state index in [0.29, 0.717) is 13.2 Å². The van der Waals surface area contributed by atoms with Gasteiger partial charge in [-0.05, 0) is 66.8 Å². The first-order chi connectivity index (χ1) is 15.2. The van der Waals surface area contributed by atoms with E-state index in [4.69, 9.17) is 18.9 Å². The number of epoxide rings is 2. The van der Waals surface area contributed by atoms with Gasteiger partial charge in [-0.3, -0.25) is 4.79 Å². The van der Waals surface area contributed by atoms with Gasteiger partial charge in [0.2, 0.25) is 0 Å². The molecule has 5 heteroatoms. The fourth-order valence-corrected chi connectivity index (χ4v) is 3.61. The molecule has 0 N–H and O–H groups in total. The molecule has 1 aliphatic carbocycles. The third-order valence-corrected chi connectivity index (χ3v) is 5.59. The second kappa shape index (κ2) is 9.08. The summed E-state index contributed by atoms with van der Waals surface area (Å²) < 4.78 is 21.7. The smallest absolute Gasteiger partial charge is 0.185 e. The number of rotatable bonds is 8. The lowest BCUT2D eigenvalue weighted by Crippen LogP contribution is -2.12. The summed E-state index contributed by atoms with van der Waals surface area (Å²) in [6.07, 6.45) is 7.09. The molecule has 1 saturated carbocycles. The zero-order chi connectivity index (χ0) is 21.0. The molecule has 31 heavy (non-hydrogen) atoms. The maximum atomic E-state index is 13.0. The first kappa shape index (κ1) is 20.0. The molecule has 0 bridgehead atoms. The molecule has 160 valence electrons. The maximum Gasteiger partial charge on any atom is 0.185 e. The van der Waals surface area contributed by atoms with Crippen molar-refractivity contribution >= 4 is 17.9 Å². The van der Waals surface area contributed by atoms with Gasteiger partial charge in [0.05, 0.1) is 13.2 Å². The monoisotopic (exact) mass is 418 g/mol. The van der Waals surface area contributed by atoms with Crippen LogP contribution in [0.3, 0.4) is 0 Å². The quantitative estimate of drug-likeness (QED) is 0.468. The Bertz CT molecular complexity index is 900. The van der Waals surface area contributed by atoms with Gasteiger partial charge in [-0.2, -0.15) is 0 Å². The Morgan fingerprint density at radius 2 is 1.16 bits per heavy atom. The molecule has 0 amide bonds. The fraction of sp³-hybridized carbons (Fsp3) is 0.346. The van der Waals surface area contributed by atoms with E-state index in [1.54, 1.807) is 0 Å². The van der Waals surface area contributed by atoms with Crippen molar-refractivity contribution in [2.75, 3.05) is 26.4 Å². The molecule has 0 aromatic heterocycles. The van der Waals surface area contributed by atoms with Gasteiger partial charge in [0.15, 0.2) is 5.78 Å². The van der Waals surface area contributed by atoms with Crippen molar-refractivity contribution in [1.29, 1.82) is 0 Å². The largest absolute Gasteiger partial charge is 0.491 e. The van der Waals surface area contributed by atoms with Crippen molar-refractivity contribution in [3.63, 3.8) is 0 Å². The summed E-state index contributed by atoms with van der Waals surface area (Å²) in [5.41, 5.74) is 3.76. The number of hydrogen-bond donors (Lipinski definition) is 0. The second-order valence-electron chi connectivity index (χ2n) is 8.19. The summed E-state index contributed by atoms with van der Waals surface area (Å²) in [6.45, 7) is 2.76. The Morgan fingerprint density at radius 1 is 0.742 bits per heavy atom. The van der Waals surface area contributed by atoms with Crippen LogP contribution in [0.15, 0.2) is 59.7 Å². The minimum absolute atomic E-state index is 0.142. The van der Waals surface area contributed by atoms with E-state index in [1.807, 2.05) is 60.7 Å². The van der Waals surface area contributed by atoms with Crippen LogP contribution >= 0.6 is 0 Å². The predicted octanol–water partition coefficient (Wildman–Crippen LogP) is 4.46. The number of ether oxygens (including phenoxy) is 4. The van der Waals surface area contributed by atoms with E-state index in [-0.39, 0.29) is 18.0 Å². The highest BCUT2D eigenvalue weighted by molar-refractivity contribution is 6.13. The number of carbonyl (C=O) groups is 1. The molecule has 2 aromatic rings. The highest BCUT2D eigenvalue weighted by atomic mass is 16.6. The van der Waals surface area contributed by atoms with Crippen molar-refractivity contribution in [3.8, 4) is 11.5 Å². The average Bonchev–Trinajstić information content (AvgIpc) is 3.70. The normalized spacial score (nSPS) is 25.0. The summed E-state index contributed by atoms with van der Waals surface area (Å²) in [4.78, 5) is 13.0. The zero-order valence-corrected chi connectivity index (χ0v) is 17.4. The minimum atomic E-state index is 0.142. The summed E-state index contributed by atoms with van der Waals surface area (Å²) >= 11 is 0. The van der Waals surface area contributed by atoms with E-state index in [2.05, 4.69) is 0 Å². The van der Waals surface area contributed by atoms with Gasteiger partial charge in [-0.25, -0.2) is 0 Å². The number of allylic oxidation sites excluding steroid dienone is 2. The van der Waals surface area contributed by atoms with Crippen LogP contribution in [0.25, 0.3) is 12.2 Å². The Kier molecular flexibility index (Phi) is 5.87. The SMILES string of the molecule is O=C1/C(=C\c2ccc(OCC3CO3)cc2)CCC/C1=C\c1ccc(OCC2CO2)cc1. The van der Waals surface area contributed by atoms with Crippen LogP contribution in [0.4, 0.5) is 0 Å². The molecule has 2 heterocycles. The standard InChI is InChI=1S/C26H26O5/c27-26-20(12-18-4-8-22(9-5-18)28-14-24-16-30-24)2-1-3-21(26)13-19-6-10-23(11-7-19)29-15-25-17-31-25/h4-13,24-25H,1-3,14-17H2/b20-12-,21-13+. The molecule has 0 spiro atoms. The van der Waals surface area contributed by atoms with Crippen LogP contribution in [-0.2, 0) is 14.3 Å². The Morgan fingerprint density at radius 3 is 1.55 bits per heavy atom. The lowest BCUT2D eigenvalue weighted by molar-refractivity contribution is -0.112. The summed E-state index contributed by atoms with van der Waals surface area (Å²) in [6, 6.07) is 15.7. The van der Waals surface area contributed by atoms with Crippen LogP contribution in [0.2, 0.25) is 0 Å². The van der Waals surface area contributed by atoms with Crippen LogP contribution in [0, 0.1) is 0 Å². The van der Waals surface area contributed by atoms with E-state index >= 15 is 0 Å². The summed E-state index contributed by atoms with van der Waals surface area (Å²) in [5, 5.41) is 0. The summed E-state index contributed by atoms with van der Waals surface area (Å²) in [7, 11) is 0. The van der Waals surface area contributed by atoms with Gasteiger partial charge in [-0.1, -0.05) is 24.3 Å². The van der Waals surface area contributed by atoms with Gasteiger partial charge < -0.3 is 18.9 Å². The lowest BCUT2D eigenvalue weighted by Gasteiger charge is -2.17. The topological polar surface area (TPSA) is 60.6 Å². The van der Waals surface area contributed by atoms with E-state index in [1.165, 1.54) is 0 Å². The van der Waals surface area contributed by atoms with Gasteiger partial charge in [0.25, 0.3) is 0 Å². The molecule has 2 aliphatic heterocycles. The van der Waals surface area contributed by atoms with Crippen molar-refractivity contribution < 1.29 is 23.7 Å². The molecule has 3 fully saturated rings. The van der Waals surface area contributed by atoms with Gasteiger partial charge in [0.1, 0.15) is 36.9 Å². The summed E-state index contributed by atoms with van der Waals surface area (Å²) in [5.74, 6) is 1.79. The average molecular weight is 418 g/mol. The highest BCUT2D eigenvalue weighted by Gasteiger charge is 2.24. The number of benzene rings is 2. The predicted molar refractivity (Wildman–Crippen MR) is 118 cm³/mol. The van der Waals surface area contributed by atoms with Gasteiger partial charge in [0, 0.05) is 11.1 Å². The maximum absolute atomic E-state index is 13.0. The molecule has 0 radical (unpaired) electrons. The second-order valence-corrected chi connectivity index (χ2v) is 8.19. The fourth-order valence-electron chi connectivity index (χ4n) is 3.61. The molecule has 5 rings (SSSR count). The van der Waals surface area contributed by atoms with Crippen molar-refractivity contribution in [1.82, 2.24) is 0 Å². The molecule has 2 unspecified atom stereocenters. The Balaban J connectivity index is 1.23. The van der Waals surface area contributed by atoms with Crippen LogP contribution in [-0.4, -0.2) is 44.4 Å². The third-order valence-electron chi connectivity index (χ3n) is 5.59. The number of ketones is 1. The van der Waals surface area contributed by atoms with Gasteiger partial charge in [-0.15, -0.1) is 0 Å². The molecular weight excluding hydrogens is 392 g/mol. The Hall–Kier alpha value is -2.89. The molecule has 5 nitrogen and oxygen atoms in total. The molecule has 2 aromatic carbocycles. The lowest BCUT2D eigenvalue weighted by atomic mass is 9.87. The molecular formula is C26H26O5. The van der Waals surface area contributed by atoms with Crippen molar-refractivity contribution in [2.24, 2.45) is 0 Å². The van der Waals surface area contributed by atoms with Crippen LogP contribution < -0.4 is 9.47 Å². The van der Waals surface area contributed by atoms with Crippen molar-refractivity contribution in [2.45, 2.75) is 31.5 Å². The number of hydrogen-bond acceptors (Lipinski definition) is 5. The number of Topliss-reactive ketones (excluding diaryl/α,β-unsaturated/α-hetero) is 1. The van der Waals surface area contributed by atoms with Crippen molar-refractivity contribution in [3.05, 3.63) is 70.8 Å². The van der Waals surface area contributed by atoms with E-state index in [9.17, 15) is 4.79 Å². The molecule has 3 aliphatic rings. The third kappa shape index (κ3) is 5.63. The zero-order valence-electron chi connectivity index (χ0n) is 17.4. The Labute approximate surface area is 182 Å². The number of carbonyl (C=O) groups excluding carboxylic acids is 1. The first-order valence-electron chi connectivity index (χ1n) is 10.9.